The zero-order valence-corrected chi connectivity index (χ0v) is 16.6. The first kappa shape index (κ1) is 19.4. The van der Waals surface area contributed by atoms with Crippen LogP contribution in [0.1, 0.15) is 11.3 Å². The average Bonchev–Trinajstić information content (AvgIpc) is 3.41. The van der Waals surface area contributed by atoms with E-state index in [1.54, 1.807) is 41.8 Å². The summed E-state index contributed by atoms with van der Waals surface area (Å²) in [6.07, 6.45) is 6.31. The van der Waals surface area contributed by atoms with Crippen LogP contribution in [0.25, 0.3) is 11.2 Å². The molecule has 4 rings (SSSR count). The Labute approximate surface area is 170 Å². The van der Waals surface area contributed by atoms with Crippen molar-refractivity contribution >= 4 is 17.1 Å². The van der Waals surface area contributed by atoms with Gasteiger partial charge in [0.2, 0.25) is 5.91 Å². The van der Waals surface area contributed by atoms with Crippen LogP contribution >= 0.6 is 0 Å². The molecule has 0 aromatic carbocycles. The number of carbonyl (C=O) groups is 1. The minimum absolute atomic E-state index is 0.106. The van der Waals surface area contributed by atoms with Crippen LogP contribution in [0.4, 0.5) is 0 Å². The summed E-state index contributed by atoms with van der Waals surface area (Å²) in [7, 11) is 2.93. The van der Waals surface area contributed by atoms with E-state index in [-0.39, 0.29) is 30.2 Å². The van der Waals surface area contributed by atoms with Gasteiger partial charge in [-0.3, -0.25) is 23.7 Å². The number of pyridine rings is 1. The molecule has 0 aliphatic carbocycles. The number of aryl methyl sites for hydroxylation is 1. The normalized spacial score (nSPS) is 11.1. The predicted octanol–water partition coefficient (Wildman–Crippen LogP) is 0.651. The quantitative estimate of drug-likeness (QED) is 0.464. The lowest BCUT2D eigenvalue weighted by molar-refractivity contribution is -0.133. The number of fused-ring (bicyclic) bond motifs is 1. The fourth-order valence-corrected chi connectivity index (χ4v) is 3.30. The van der Waals surface area contributed by atoms with Crippen LogP contribution in [-0.2, 0) is 38.5 Å². The number of carbonyl (C=O) groups excluding carboxylic acids is 1. The molecule has 4 aromatic rings. The standard InChI is InChI=1S/C20H20N6O4/c1-23-18-17(19(28)24(2)20(23)29)26(13-22-18)12-16(27)25(11-15-6-4-8-30-15)10-14-5-3-7-21-9-14/h3-9,13H,10-12H2,1-2H3. The summed E-state index contributed by atoms with van der Waals surface area (Å²) in [5.74, 6) is 0.409. The van der Waals surface area contributed by atoms with E-state index < -0.39 is 11.2 Å². The maximum atomic E-state index is 13.2. The van der Waals surface area contributed by atoms with Crippen molar-refractivity contribution in [3.05, 3.63) is 81.4 Å². The Bertz CT molecular complexity index is 1300. The Morgan fingerprint density at radius 1 is 1.13 bits per heavy atom. The second-order valence-electron chi connectivity index (χ2n) is 6.94. The third kappa shape index (κ3) is 3.54. The van der Waals surface area contributed by atoms with Crippen LogP contribution < -0.4 is 11.2 Å². The van der Waals surface area contributed by atoms with Crippen molar-refractivity contribution in [1.82, 2.24) is 28.6 Å². The van der Waals surface area contributed by atoms with Crippen molar-refractivity contribution in [3.63, 3.8) is 0 Å². The maximum Gasteiger partial charge on any atom is 0.332 e. The molecule has 0 aliphatic heterocycles. The van der Waals surface area contributed by atoms with Gasteiger partial charge in [0.05, 0.1) is 19.1 Å². The highest BCUT2D eigenvalue weighted by molar-refractivity contribution is 5.79. The predicted molar refractivity (Wildman–Crippen MR) is 107 cm³/mol. The molecule has 0 spiro atoms. The number of imidazole rings is 1. The molecule has 0 radical (unpaired) electrons. The summed E-state index contributed by atoms with van der Waals surface area (Å²) in [5, 5.41) is 0. The molecule has 0 saturated carbocycles. The van der Waals surface area contributed by atoms with E-state index in [2.05, 4.69) is 9.97 Å². The van der Waals surface area contributed by atoms with Crippen LogP contribution in [0, 0.1) is 0 Å². The van der Waals surface area contributed by atoms with E-state index in [0.717, 1.165) is 10.1 Å². The topological polar surface area (TPSA) is 108 Å². The number of aromatic nitrogens is 5. The Morgan fingerprint density at radius 2 is 1.97 bits per heavy atom. The summed E-state index contributed by atoms with van der Waals surface area (Å²) >= 11 is 0. The molecule has 10 heteroatoms. The first-order valence-corrected chi connectivity index (χ1v) is 9.25. The van der Waals surface area contributed by atoms with Gasteiger partial charge in [0.25, 0.3) is 5.56 Å². The molecule has 4 aromatic heterocycles. The highest BCUT2D eigenvalue weighted by Crippen LogP contribution is 2.13. The van der Waals surface area contributed by atoms with Crippen LogP contribution in [0.2, 0.25) is 0 Å². The minimum Gasteiger partial charge on any atom is -0.467 e. The fourth-order valence-electron chi connectivity index (χ4n) is 3.30. The molecule has 4 heterocycles. The van der Waals surface area contributed by atoms with Crippen LogP contribution in [0.5, 0.6) is 0 Å². The van der Waals surface area contributed by atoms with Gasteiger partial charge in [0.1, 0.15) is 12.3 Å². The average molecular weight is 408 g/mol. The van der Waals surface area contributed by atoms with Crippen molar-refractivity contribution in [2.24, 2.45) is 14.1 Å². The molecule has 0 N–H and O–H groups in total. The molecule has 0 aliphatic rings. The lowest BCUT2D eigenvalue weighted by Crippen LogP contribution is -2.38. The maximum absolute atomic E-state index is 13.2. The number of amides is 1. The number of nitrogens with zero attached hydrogens (tertiary/aromatic N) is 6. The van der Waals surface area contributed by atoms with Gasteiger partial charge >= 0.3 is 5.69 Å². The van der Waals surface area contributed by atoms with E-state index in [9.17, 15) is 14.4 Å². The Balaban J connectivity index is 1.67. The smallest absolute Gasteiger partial charge is 0.332 e. The molecular weight excluding hydrogens is 388 g/mol. The van der Waals surface area contributed by atoms with Gasteiger partial charge < -0.3 is 13.9 Å². The first-order chi connectivity index (χ1) is 14.5. The number of hydrogen-bond donors (Lipinski definition) is 0. The van der Waals surface area contributed by atoms with Gasteiger partial charge in [-0.25, -0.2) is 9.78 Å². The molecule has 0 saturated heterocycles. The molecule has 0 unspecified atom stereocenters. The Morgan fingerprint density at radius 3 is 2.67 bits per heavy atom. The third-order valence-corrected chi connectivity index (χ3v) is 4.90. The number of furan rings is 1. The van der Waals surface area contributed by atoms with Crippen molar-refractivity contribution < 1.29 is 9.21 Å². The molecule has 30 heavy (non-hydrogen) atoms. The van der Waals surface area contributed by atoms with E-state index in [0.29, 0.717) is 12.3 Å². The fraction of sp³-hybridized carbons (Fsp3) is 0.250. The minimum atomic E-state index is -0.497. The van der Waals surface area contributed by atoms with Gasteiger partial charge in [-0.05, 0) is 23.8 Å². The lowest BCUT2D eigenvalue weighted by Gasteiger charge is -2.22. The van der Waals surface area contributed by atoms with Gasteiger partial charge in [0.15, 0.2) is 11.2 Å². The van der Waals surface area contributed by atoms with E-state index in [1.807, 2.05) is 6.07 Å². The zero-order chi connectivity index (χ0) is 21.3. The summed E-state index contributed by atoms with van der Waals surface area (Å²) in [6.45, 7) is 0.491. The van der Waals surface area contributed by atoms with Crippen molar-refractivity contribution in [3.8, 4) is 0 Å². The molecule has 10 nitrogen and oxygen atoms in total. The summed E-state index contributed by atoms with van der Waals surface area (Å²) < 4.78 is 9.16. The van der Waals surface area contributed by atoms with E-state index in [1.165, 1.54) is 29.6 Å². The summed E-state index contributed by atoms with van der Waals surface area (Å²) in [4.78, 5) is 47.8. The highest BCUT2D eigenvalue weighted by Gasteiger charge is 2.20. The van der Waals surface area contributed by atoms with Gasteiger partial charge in [-0.15, -0.1) is 0 Å². The highest BCUT2D eigenvalue weighted by atomic mass is 16.3. The van der Waals surface area contributed by atoms with E-state index in [4.69, 9.17) is 4.42 Å². The molecule has 0 bridgehead atoms. The van der Waals surface area contributed by atoms with Gasteiger partial charge in [-0.2, -0.15) is 0 Å². The Hall–Kier alpha value is -3.95. The van der Waals surface area contributed by atoms with Crippen molar-refractivity contribution in [2.75, 3.05) is 0 Å². The third-order valence-electron chi connectivity index (χ3n) is 4.90. The number of hydrogen-bond acceptors (Lipinski definition) is 6. The van der Waals surface area contributed by atoms with Crippen molar-refractivity contribution in [2.45, 2.75) is 19.6 Å². The second kappa shape index (κ2) is 7.82. The number of rotatable bonds is 6. The monoisotopic (exact) mass is 408 g/mol. The first-order valence-electron chi connectivity index (χ1n) is 9.25. The molecule has 0 atom stereocenters. The molecule has 1 amide bonds. The molecule has 154 valence electrons. The SMILES string of the molecule is Cn1c(=O)c2c(ncn2CC(=O)N(Cc2cccnc2)Cc2ccco2)n(C)c1=O. The van der Waals surface area contributed by atoms with Gasteiger partial charge in [0, 0.05) is 33.0 Å². The van der Waals surface area contributed by atoms with E-state index >= 15 is 0 Å². The van der Waals surface area contributed by atoms with Gasteiger partial charge in [-0.1, -0.05) is 6.07 Å². The largest absolute Gasteiger partial charge is 0.467 e. The van der Waals surface area contributed by atoms with Crippen molar-refractivity contribution in [1.29, 1.82) is 0 Å². The Kier molecular flexibility index (Phi) is 5.05. The zero-order valence-electron chi connectivity index (χ0n) is 16.6. The lowest BCUT2D eigenvalue weighted by atomic mass is 10.2. The van der Waals surface area contributed by atoms with Crippen LogP contribution in [0.3, 0.4) is 0 Å². The summed E-state index contributed by atoms with van der Waals surface area (Å²) in [6, 6.07) is 7.24. The molecule has 0 fully saturated rings. The molecular formula is C20H20N6O4. The van der Waals surface area contributed by atoms with Crippen LogP contribution in [-0.4, -0.2) is 34.5 Å². The summed E-state index contributed by atoms with van der Waals surface area (Å²) in [5.41, 5.74) is 0.336. The second-order valence-corrected chi connectivity index (χ2v) is 6.94. The van der Waals surface area contributed by atoms with Crippen LogP contribution in [0.15, 0.2) is 63.3 Å².